The van der Waals surface area contributed by atoms with E-state index in [1.54, 1.807) is 11.8 Å². The van der Waals surface area contributed by atoms with Gasteiger partial charge in [0.2, 0.25) is 0 Å². The molecule has 4 rings (SSSR count). The number of thiazole rings is 1. The smallest absolute Gasteiger partial charge is 0.195 e. The van der Waals surface area contributed by atoms with Gasteiger partial charge < -0.3 is 0 Å². The van der Waals surface area contributed by atoms with Crippen LogP contribution in [0.3, 0.4) is 0 Å². The maximum Gasteiger partial charge on any atom is 0.195 e. The van der Waals surface area contributed by atoms with Crippen molar-refractivity contribution in [2.45, 2.75) is 18.7 Å². The lowest BCUT2D eigenvalue weighted by atomic mass is 10.2. The maximum absolute atomic E-state index is 12.7. The first kappa shape index (κ1) is 15.4. The molecule has 0 fully saturated rings. The first-order chi connectivity index (χ1) is 11.6. The van der Waals surface area contributed by atoms with Crippen molar-refractivity contribution >= 4 is 44.9 Å². The third-order valence-corrected chi connectivity index (χ3v) is 6.23. The third kappa shape index (κ3) is 2.64. The zero-order chi connectivity index (χ0) is 16.7. The fourth-order valence-electron chi connectivity index (χ4n) is 2.77. The summed E-state index contributed by atoms with van der Waals surface area (Å²) in [5.41, 5.74) is 4.25. The van der Waals surface area contributed by atoms with Crippen LogP contribution in [0, 0.1) is 13.8 Å². The molecule has 0 amide bonds. The minimum atomic E-state index is 0.164. The zero-order valence-corrected chi connectivity index (χ0v) is 15.1. The Morgan fingerprint density at radius 2 is 1.88 bits per heavy atom. The average molecular weight is 352 g/mol. The van der Waals surface area contributed by atoms with Gasteiger partial charge in [-0.15, -0.1) is 11.8 Å². The van der Waals surface area contributed by atoms with E-state index < -0.39 is 0 Å². The van der Waals surface area contributed by atoms with Gasteiger partial charge in [-0.1, -0.05) is 41.2 Å². The second-order valence-electron chi connectivity index (χ2n) is 5.76. The van der Waals surface area contributed by atoms with Crippen molar-refractivity contribution in [2.75, 3.05) is 5.75 Å². The summed E-state index contributed by atoms with van der Waals surface area (Å²) in [6.07, 6.45) is 0. The normalized spacial score (nSPS) is 11.4. The SMILES string of the molecule is Cc1ccc(SCC(=O)c2sc3nc4ccccc4n3c2C)cc1. The van der Waals surface area contributed by atoms with E-state index in [-0.39, 0.29) is 5.78 Å². The molecule has 0 atom stereocenters. The van der Waals surface area contributed by atoms with Gasteiger partial charge in [0.25, 0.3) is 0 Å². The van der Waals surface area contributed by atoms with E-state index >= 15 is 0 Å². The molecule has 0 N–H and O–H groups in total. The fraction of sp³-hybridized carbons (Fsp3) is 0.158. The quantitative estimate of drug-likeness (QED) is 0.377. The largest absolute Gasteiger partial charge is 0.292 e. The van der Waals surface area contributed by atoms with E-state index in [9.17, 15) is 4.79 Å². The molecule has 0 saturated carbocycles. The van der Waals surface area contributed by atoms with Crippen LogP contribution >= 0.6 is 23.1 Å². The van der Waals surface area contributed by atoms with Crippen molar-refractivity contribution in [3.05, 3.63) is 64.7 Å². The second-order valence-corrected chi connectivity index (χ2v) is 7.79. The summed E-state index contributed by atoms with van der Waals surface area (Å²) in [7, 11) is 0. The van der Waals surface area contributed by atoms with E-state index in [1.165, 1.54) is 16.9 Å². The predicted octanol–water partition coefficient (Wildman–Crippen LogP) is 5.14. The number of aryl methyl sites for hydroxylation is 2. The van der Waals surface area contributed by atoms with Crippen LogP contribution in [0.1, 0.15) is 20.9 Å². The van der Waals surface area contributed by atoms with Crippen molar-refractivity contribution in [1.82, 2.24) is 9.38 Å². The second kappa shape index (κ2) is 6.07. The van der Waals surface area contributed by atoms with Crippen molar-refractivity contribution in [3.8, 4) is 0 Å². The Morgan fingerprint density at radius 1 is 1.12 bits per heavy atom. The van der Waals surface area contributed by atoms with Crippen LogP contribution in [0.2, 0.25) is 0 Å². The highest BCUT2D eigenvalue weighted by Gasteiger charge is 2.18. The molecule has 2 heterocycles. The van der Waals surface area contributed by atoms with Gasteiger partial charge in [0.15, 0.2) is 10.7 Å². The summed E-state index contributed by atoms with van der Waals surface area (Å²) in [6.45, 7) is 4.07. The van der Waals surface area contributed by atoms with Gasteiger partial charge in [0.1, 0.15) is 0 Å². The molecule has 0 saturated heterocycles. The number of nitrogens with zero attached hydrogens (tertiary/aromatic N) is 2. The molecule has 0 bridgehead atoms. The molecule has 2 aromatic heterocycles. The molecule has 0 aliphatic rings. The number of carbonyl (C=O) groups excluding carboxylic acids is 1. The summed E-state index contributed by atoms with van der Waals surface area (Å²) in [6, 6.07) is 16.3. The van der Waals surface area contributed by atoms with Crippen molar-refractivity contribution in [3.63, 3.8) is 0 Å². The van der Waals surface area contributed by atoms with Gasteiger partial charge in [-0.05, 0) is 38.1 Å². The Kier molecular flexibility index (Phi) is 3.90. The van der Waals surface area contributed by atoms with E-state index in [0.717, 1.165) is 31.5 Å². The lowest BCUT2D eigenvalue weighted by Crippen LogP contribution is -2.02. The average Bonchev–Trinajstić information content (AvgIpc) is 3.11. The Morgan fingerprint density at radius 3 is 2.67 bits per heavy atom. The Balaban J connectivity index is 1.62. The molecule has 4 aromatic rings. The van der Waals surface area contributed by atoms with Gasteiger partial charge in [-0.3, -0.25) is 9.20 Å². The highest BCUT2D eigenvalue weighted by Crippen LogP contribution is 2.29. The van der Waals surface area contributed by atoms with Crippen molar-refractivity contribution < 1.29 is 4.79 Å². The number of ketones is 1. The molecule has 2 aromatic carbocycles. The highest BCUT2D eigenvalue weighted by atomic mass is 32.2. The fourth-order valence-corrected chi connectivity index (χ4v) is 4.71. The molecular formula is C19H16N2OS2. The molecule has 5 heteroatoms. The lowest BCUT2D eigenvalue weighted by molar-refractivity contribution is 0.102. The Bertz CT molecular complexity index is 1040. The zero-order valence-electron chi connectivity index (χ0n) is 13.4. The molecule has 0 radical (unpaired) electrons. The van der Waals surface area contributed by atoms with Gasteiger partial charge in [0.05, 0.1) is 21.7 Å². The summed E-state index contributed by atoms with van der Waals surface area (Å²) >= 11 is 3.07. The van der Waals surface area contributed by atoms with Crippen LogP contribution in [-0.4, -0.2) is 20.9 Å². The number of rotatable bonds is 4. The molecule has 0 spiro atoms. The number of benzene rings is 2. The standard InChI is InChI=1S/C19H16N2OS2/c1-12-7-9-14(10-8-12)23-11-17(22)18-13(2)21-16-6-4-3-5-15(16)20-19(21)24-18/h3-10H,11H2,1-2H3. The predicted molar refractivity (Wildman–Crippen MR) is 102 cm³/mol. The molecule has 3 nitrogen and oxygen atoms in total. The summed E-state index contributed by atoms with van der Waals surface area (Å²) in [5, 5.41) is 0. The monoisotopic (exact) mass is 352 g/mol. The number of aromatic nitrogens is 2. The number of para-hydroxylation sites is 2. The number of Topliss-reactive ketones (excluding diaryl/α,β-unsaturated/α-hetero) is 1. The molecule has 24 heavy (non-hydrogen) atoms. The maximum atomic E-state index is 12.7. The number of thioether (sulfide) groups is 1. The summed E-state index contributed by atoms with van der Waals surface area (Å²) in [5.74, 6) is 0.614. The van der Waals surface area contributed by atoms with E-state index in [1.807, 2.05) is 31.2 Å². The lowest BCUT2D eigenvalue weighted by Gasteiger charge is -2.02. The van der Waals surface area contributed by atoms with Gasteiger partial charge in [0, 0.05) is 10.6 Å². The van der Waals surface area contributed by atoms with Crippen LogP contribution in [-0.2, 0) is 0 Å². The van der Waals surface area contributed by atoms with Gasteiger partial charge in [-0.2, -0.15) is 0 Å². The van der Waals surface area contributed by atoms with Gasteiger partial charge >= 0.3 is 0 Å². The molecule has 0 aliphatic heterocycles. The molecule has 0 unspecified atom stereocenters. The molecule has 120 valence electrons. The first-order valence-electron chi connectivity index (χ1n) is 7.73. The van der Waals surface area contributed by atoms with Crippen LogP contribution in [0.15, 0.2) is 53.4 Å². The first-order valence-corrected chi connectivity index (χ1v) is 9.53. The highest BCUT2D eigenvalue weighted by molar-refractivity contribution is 8.00. The van der Waals surface area contributed by atoms with E-state index in [4.69, 9.17) is 0 Å². The minimum Gasteiger partial charge on any atom is -0.292 e. The molecule has 0 aliphatic carbocycles. The Labute approximate surface area is 148 Å². The minimum absolute atomic E-state index is 0.164. The number of imidazole rings is 1. The summed E-state index contributed by atoms with van der Waals surface area (Å²) in [4.78, 5) is 20.1. The number of hydrogen-bond acceptors (Lipinski definition) is 4. The summed E-state index contributed by atoms with van der Waals surface area (Å²) < 4.78 is 2.09. The van der Waals surface area contributed by atoms with E-state index in [2.05, 4.69) is 40.6 Å². The van der Waals surface area contributed by atoms with Crippen LogP contribution in [0.4, 0.5) is 0 Å². The molecular weight excluding hydrogens is 336 g/mol. The van der Waals surface area contributed by atoms with Gasteiger partial charge in [-0.25, -0.2) is 4.98 Å². The topological polar surface area (TPSA) is 34.4 Å². The Hall–Kier alpha value is -2.11. The van der Waals surface area contributed by atoms with Crippen molar-refractivity contribution in [1.29, 1.82) is 0 Å². The number of hydrogen-bond donors (Lipinski definition) is 0. The van der Waals surface area contributed by atoms with Crippen LogP contribution in [0.25, 0.3) is 16.0 Å². The van der Waals surface area contributed by atoms with Crippen molar-refractivity contribution in [2.24, 2.45) is 0 Å². The number of fused-ring (bicyclic) bond motifs is 3. The third-order valence-electron chi connectivity index (χ3n) is 4.03. The van der Waals surface area contributed by atoms with Crippen LogP contribution < -0.4 is 0 Å². The van der Waals surface area contributed by atoms with Crippen LogP contribution in [0.5, 0.6) is 0 Å². The number of carbonyl (C=O) groups is 1. The van der Waals surface area contributed by atoms with E-state index in [0.29, 0.717) is 5.75 Å².